The van der Waals surface area contributed by atoms with Gasteiger partial charge in [-0.15, -0.1) is 0 Å². The molecule has 5 unspecified atom stereocenters. The molecule has 0 amide bonds. The molecule has 4 aliphatic rings. The van der Waals surface area contributed by atoms with Gasteiger partial charge in [0.1, 0.15) is 0 Å². The molecular weight excluding hydrogens is 334 g/mol. The highest BCUT2D eigenvalue weighted by Crippen LogP contribution is 2.52. The largest absolute Gasteiger partial charge is 0.342 e. The molecule has 2 aliphatic heterocycles. The van der Waals surface area contributed by atoms with Crippen LogP contribution in [-0.4, -0.2) is 12.2 Å². The Balaban J connectivity index is 1.18. The highest BCUT2D eigenvalue weighted by atomic mass is 16.7. The van der Waals surface area contributed by atoms with Crippen molar-refractivity contribution in [2.45, 2.75) is 115 Å². The number of nitriles is 1. The van der Waals surface area contributed by atoms with Crippen LogP contribution >= 0.6 is 0 Å². The maximum atomic E-state index is 9.38. The van der Waals surface area contributed by atoms with Gasteiger partial charge in [-0.3, -0.25) is 0 Å². The molecule has 0 aromatic rings. The molecule has 4 fully saturated rings. The monoisotopic (exact) mass is 373 g/mol. The summed E-state index contributed by atoms with van der Waals surface area (Å²) in [6.07, 6.45) is 21.0. The van der Waals surface area contributed by atoms with Crippen molar-refractivity contribution in [1.82, 2.24) is 0 Å². The molecule has 27 heavy (non-hydrogen) atoms. The molecule has 2 saturated heterocycles. The molecule has 0 aromatic heterocycles. The minimum atomic E-state index is 0.255. The van der Waals surface area contributed by atoms with Crippen LogP contribution in [-0.2, 0) is 9.47 Å². The Bertz CT molecular complexity index is 442. The third kappa shape index (κ3) is 6.47. The van der Waals surface area contributed by atoms with E-state index in [1.54, 1.807) is 0 Å². The molecule has 3 nitrogen and oxygen atoms in total. The molecule has 0 aromatic carbocycles. The first-order valence-electron chi connectivity index (χ1n) is 11.7. The van der Waals surface area contributed by atoms with Crippen molar-refractivity contribution in [3.63, 3.8) is 0 Å². The predicted molar refractivity (Wildman–Crippen MR) is 108 cm³/mol. The summed E-state index contributed by atoms with van der Waals surface area (Å²) in [7, 11) is 0. The Morgan fingerprint density at radius 2 is 1.37 bits per heavy atom. The van der Waals surface area contributed by atoms with Gasteiger partial charge in [-0.25, -0.2) is 0 Å². The van der Waals surface area contributed by atoms with E-state index in [1.165, 1.54) is 64.2 Å². The van der Waals surface area contributed by atoms with Crippen molar-refractivity contribution < 1.29 is 9.47 Å². The maximum Gasteiger partial charge on any atom is 0.224 e. The fraction of sp³-hybridized carbons (Fsp3) is 0.875. The zero-order valence-corrected chi connectivity index (χ0v) is 17.2. The van der Waals surface area contributed by atoms with Crippen LogP contribution in [0.25, 0.3) is 0 Å². The molecule has 0 N–H and O–H groups in total. The lowest BCUT2D eigenvalue weighted by atomic mass is 9.95. The third-order valence-electron chi connectivity index (χ3n) is 6.96. The lowest BCUT2D eigenvalue weighted by molar-refractivity contribution is -0.0807. The zero-order valence-electron chi connectivity index (χ0n) is 17.2. The van der Waals surface area contributed by atoms with E-state index >= 15 is 0 Å². The van der Waals surface area contributed by atoms with Gasteiger partial charge in [0.05, 0.1) is 18.3 Å². The molecule has 2 heterocycles. The lowest BCUT2D eigenvalue weighted by Crippen LogP contribution is -2.22. The van der Waals surface area contributed by atoms with Crippen molar-refractivity contribution in [1.29, 1.82) is 5.26 Å². The summed E-state index contributed by atoms with van der Waals surface area (Å²) >= 11 is 0. The van der Waals surface area contributed by atoms with Crippen LogP contribution < -0.4 is 0 Å². The Hall–Kier alpha value is -0.590. The van der Waals surface area contributed by atoms with Crippen LogP contribution in [0.15, 0.2) is 0 Å². The van der Waals surface area contributed by atoms with Crippen LogP contribution in [0, 0.1) is 42.3 Å². The van der Waals surface area contributed by atoms with Gasteiger partial charge in [0.2, 0.25) is 6.29 Å². The third-order valence-corrected chi connectivity index (χ3v) is 6.96. The molecular formula is C24H39NO2. The number of ether oxygens (including phenoxy) is 2. The smallest absolute Gasteiger partial charge is 0.224 e. The average Bonchev–Trinajstić information content (AvgIpc) is 3.14. The summed E-state index contributed by atoms with van der Waals surface area (Å²) in [6.45, 7) is 3.89. The summed E-state index contributed by atoms with van der Waals surface area (Å²) in [4.78, 5) is 0. The van der Waals surface area contributed by atoms with E-state index in [-0.39, 0.29) is 5.92 Å². The summed E-state index contributed by atoms with van der Waals surface area (Å²) in [6, 6.07) is 2.53. The quantitative estimate of drug-likeness (QED) is 0.317. The SMILES string of the molecule is [CH2]CCCCCCCCC(C#N)CCCCC[C]1OC2CC3CC2CC3O1. The van der Waals surface area contributed by atoms with Crippen molar-refractivity contribution in [3.8, 4) is 6.07 Å². The number of rotatable bonds is 14. The standard InChI is InChI=1S/C24H39NO2/c1-2-3-4-5-6-7-9-12-19(18-25)13-10-8-11-14-24-26-22-16-20-15-21(22)17-23(20)27-24/h19-23H,1-17H2. The van der Waals surface area contributed by atoms with Gasteiger partial charge in [-0.1, -0.05) is 64.7 Å². The van der Waals surface area contributed by atoms with E-state index in [2.05, 4.69) is 13.0 Å². The van der Waals surface area contributed by atoms with Crippen LogP contribution in [0.3, 0.4) is 0 Å². The number of nitrogens with zero attached hydrogens (tertiary/aromatic N) is 1. The van der Waals surface area contributed by atoms with Crippen molar-refractivity contribution in [3.05, 3.63) is 13.2 Å². The van der Waals surface area contributed by atoms with Gasteiger partial charge in [-0.05, 0) is 50.4 Å². The van der Waals surface area contributed by atoms with Gasteiger partial charge < -0.3 is 9.47 Å². The predicted octanol–water partition coefficient (Wildman–Crippen LogP) is 6.73. The van der Waals surface area contributed by atoms with Gasteiger partial charge in [0.15, 0.2) is 0 Å². The van der Waals surface area contributed by atoms with Gasteiger partial charge in [0.25, 0.3) is 0 Å². The molecule has 152 valence electrons. The minimum Gasteiger partial charge on any atom is -0.342 e. The number of unbranched alkanes of at least 4 members (excludes halogenated alkanes) is 8. The maximum absolute atomic E-state index is 9.38. The lowest BCUT2D eigenvalue weighted by Gasteiger charge is -2.19. The Morgan fingerprint density at radius 3 is 1.93 bits per heavy atom. The van der Waals surface area contributed by atoms with Gasteiger partial charge >= 0.3 is 0 Å². The first-order chi connectivity index (χ1) is 13.3. The van der Waals surface area contributed by atoms with E-state index in [1.807, 2.05) is 0 Å². The molecule has 5 atom stereocenters. The van der Waals surface area contributed by atoms with E-state index in [9.17, 15) is 5.26 Å². The summed E-state index contributed by atoms with van der Waals surface area (Å²) in [5.41, 5.74) is 0. The summed E-state index contributed by atoms with van der Waals surface area (Å²) < 4.78 is 12.3. The molecule has 2 radical (unpaired) electrons. The van der Waals surface area contributed by atoms with E-state index in [0.717, 1.165) is 56.7 Å². The van der Waals surface area contributed by atoms with Crippen LogP contribution in [0.2, 0.25) is 0 Å². The van der Waals surface area contributed by atoms with Crippen LogP contribution in [0.4, 0.5) is 0 Å². The minimum absolute atomic E-state index is 0.255. The number of fused-ring (bicyclic) bond motifs is 2. The first-order valence-corrected chi connectivity index (χ1v) is 11.7. The van der Waals surface area contributed by atoms with Crippen molar-refractivity contribution in [2.75, 3.05) is 0 Å². The highest BCUT2D eigenvalue weighted by molar-refractivity contribution is 5.01. The molecule has 2 saturated carbocycles. The topological polar surface area (TPSA) is 42.2 Å². The highest BCUT2D eigenvalue weighted by Gasteiger charge is 2.51. The van der Waals surface area contributed by atoms with E-state index in [0.29, 0.717) is 12.2 Å². The van der Waals surface area contributed by atoms with Crippen LogP contribution in [0.5, 0.6) is 0 Å². The fourth-order valence-corrected chi connectivity index (χ4v) is 5.33. The molecule has 2 aliphatic carbocycles. The Labute approximate surface area is 167 Å². The molecule has 0 spiro atoms. The van der Waals surface area contributed by atoms with Crippen molar-refractivity contribution in [2.24, 2.45) is 17.8 Å². The second-order valence-corrected chi connectivity index (χ2v) is 9.10. The second kappa shape index (κ2) is 11.4. The fourth-order valence-electron chi connectivity index (χ4n) is 5.33. The van der Waals surface area contributed by atoms with Gasteiger partial charge in [0, 0.05) is 12.3 Å². The van der Waals surface area contributed by atoms with E-state index in [4.69, 9.17) is 9.47 Å². The van der Waals surface area contributed by atoms with Crippen LogP contribution in [0.1, 0.15) is 103 Å². The Kier molecular flexibility index (Phi) is 8.94. The zero-order chi connectivity index (χ0) is 18.9. The Morgan fingerprint density at radius 1 is 0.815 bits per heavy atom. The molecule has 4 rings (SSSR count). The van der Waals surface area contributed by atoms with Gasteiger partial charge in [-0.2, -0.15) is 5.26 Å². The normalized spacial score (nSPS) is 30.5. The summed E-state index contributed by atoms with van der Waals surface area (Å²) in [5.74, 6) is 1.78. The van der Waals surface area contributed by atoms with E-state index < -0.39 is 0 Å². The number of hydrogen-bond acceptors (Lipinski definition) is 3. The second-order valence-electron chi connectivity index (χ2n) is 9.10. The number of hydrogen-bond donors (Lipinski definition) is 0. The molecule has 4 bridgehead atoms. The first kappa shape index (κ1) is 21.1. The average molecular weight is 374 g/mol. The molecule has 3 heteroatoms. The van der Waals surface area contributed by atoms with Crippen molar-refractivity contribution >= 4 is 0 Å². The summed E-state index contributed by atoms with van der Waals surface area (Å²) in [5, 5.41) is 9.38.